The maximum atomic E-state index is 12.6. The van der Waals surface area contributed by atoms with Gasteiger partial charge in [-0.05, 0) is 30.0 Å². The van der Waals surface area contributed by atoms with Gasteiger partial charge in [0.05, 0.1) is 6.04 Å². The van der Waals surface area contributed by atoms with Crippen molar-refractivity contribution in [2.75, 3.05) is 5.32 Å². The Bertz CT molecular complexity index is 538. The Morgan fingerprint density at radius 1 is 1.25 bits per heavy atom. The van der Waals surface area contributed by atoms with E-state index < -0.39 is 11.9 Å². The number of rotatable bonds is 5. The minimum absolute atomic E-state index is 0.00372. The molecule has 108 valence electrons. The second kappa shape index (κ2) is 6.26. The number of nitrogens with one attached hydrogen (secondary N) is 1. The van der Waals surface area contributed by atoms with Crippen LogP contribution in [0.3, 0.4) is 0 Å². The number of alkyl halides is 3. The summed E-state index contributed by atoms with van der Waals surface area (Å²) in [6, 6.07) is 7.82. The fraction of sp³-hybridized carbons (Fsp3) is 0.357. The average Bonchev–Trinajstić information content (AvgIpc) is 2.91. The average molecular weight is 300 g/mol. The molecular weight excluding hydrogens is 285 g/mol. The predicted octanol–water partition coefficient (Wildman–Crippen LogP) is 5.12. The minimum Gasteiger partial charge on any atom is -0.362 e. The molecule has 0 aliphatic carbocycles. The Hall–Kier alpha value is -1.56. The van der Waals surface area contributed by atoms with Gasteiger partial charge >= 0.3 is 6.18 Å². The summed E-state index contributed by atoms with van der Waals surface area (Å²) in [5.74, 6) is 0.256. The van der Waals surface area contributed by atoms with Gasteiger partial charge < -0.3 is 5.32 Å². The van der Waals surface area contributed by atoms with Gasteiger partial charge in [0.25, 0.3) is 0 Å². The van der Waals surface area contributed by atoms with Crippen LogP contribution in [-0.4, -0.2) is 4.98 Å². The van der Waals surface area contributed by atoms with E-state index in [1.807, 2.05) is 24.4 Å². The highest BCUT2D eigenvalue weighted by Crippen LogP contribution is 2.30. The fourth-order valence-electron chi connectivity index (χ4n) is 1.92. The van der Waals surface area contributed by atoms with Crippen LogP contribution in [0.2, 0.25) is 0 Å². The molecule has 2 aromatic heterocycles. The molecule has 0 aliphatic rings. The molecule has 2 rings (SSSR count). The van der Waals surface area contributed by atoms with E-state index in [9.17, 15) is 13.2 Å². The smallest absolute Gasteiger partial charge is 0.362 e. The third-order valence-corrected chi connectivity index (χ3v) is 3.81. The van der Waals surface area contributed by atoms with Crippen LogP contribution in [0.5, 0.6) is 0 Å². The fourth-order valence-corrected chi connectivity index (χ4v) is 2.73. The molecule has 1 unspecified atom stereocenters. The van der Waals surface area contributed by atoms with Crippen molar-refractivity contribution in [3.8, 4) is 0 Å². The van der Waals surface area contributed by atoms with Gasteiger partial charge in [0.2, 0.25) is 0 Å². The molecule has 1 atom stereocenters. The summed E-state index contributed by atoms with van der Waals surface area (Å²) in [5.41, 5.74) is -0.871. The highest BCUT2D eigenvalue weighted by atomic mass is 32.1. The zero-order valence-electron chi connectivity index (χ0n) is 10.9. The lowest BCUT2D eigenvalue weighted by atomic mass is 10.1. The molecule has 6 heteroatoms. The van der Waals surface area contributed by atoms with Crippen molar-refractivity contribution in [2.24, 2.45) is 0 Å². The van der Waals surface area contributed by atoms with Crippen LogP contribution in [0.4, 0.5) is 19.0 Å². The van der Waals surface area contributed by atoms with Crippen molar-refractivity contribution in [2.45, 2.75) is 32.0 Å². The molecule has 1 N–H and O–H groups in total. The lowest BCUT2D eigenvalue weighted by Crippen LogP contribution is -2.13. The molecule has 0 saturated heterocycles. The quantitative estimate of drug-likeness (QED) is 0.829. The number of hydrogen-bond acceptors (Lipinski definition) is 3. The van der Waals surface area contributed by atoms with E-state index in [1.54, 1.807) is 17.4 Å². The standard InChI is InChI=1S/C14H15F3N2S/c1-2-5-10(11-6-4-9-20-11)18-13-8-3-7-12(19-13)14(15,16)17/h3-4,6-10H,2,5H2,1H3,(H,18,19). The molecule has 2 aromatic rings. The van der Waals surface area contributed by atoms with E-state index in [2.05, 4.69) is 10.3 Å². The largest absolute Gasteiger partial charge is 0.433 e. The lowest BCUT2D eigenvalue weighted by Gasteiger charge is -2.18. The normalized spacial score (nSPS) is 13.2. The van der Waals surface area contributed by atoms with Crippen molar-refractivity contribution in [3.63, 3.8) is 0 Å². The number of hydrogen-bond donors (Lipinski definition) is 1. The first-order valence-corrected chi connectivity index (χ1v) is 7.23. The van der Waals surface area contributed by atoms with Gasteiger partial charge in [0.15, 0.2) is 0 Å². The summed E-state index contributed by atoms with van der Waals surface area (Å²) in [6.07, 6.45) is -2.63. The van der Waals surface area contributed by atoms with Crippen molar-refractivity contribution in [3.05, 3.63) is 46.3 Å². The molecule has 0 aromatic carbocycles. The highest BCUT2D eigenvalue weighted by molar-refractivity contribution is 7.10. The zero-order valence-corrected chi connectivity index (χ0v) is 11.8. The summed E-state index contributed by atoms with van der Waals surface area (Å²) >= 11 is 1.59. The van der Waals surface area contributed by atoms with Gasteiger partial charge in [-0.25, -0.2) is 4.98 Å². The minimum atomic E-state index is -4.42. The van der Waals surface area contributed by atoms with E-state index in [-0.39, 0.29) is 11.9 Å². The maximum absolute atomic E-state index is 12.6. The SMILES string of the molecule is CCCC(Nc1cccc(C(F)(F)F)n1)c1cccs1. The van der Waals surface area contributed by atoms with E-state index in [4.69, 9.17) is 0 Å². The summed E-state index contributed by atoms with van der Waals surface area (Å²) < 4.78 is 37.9. The topological polar surface area (TPSA) is 24.9 Å². The summed E-state index contributed by atoms with van der Waals surface area (Å²) in [6.45, 7) is 2.04. The number of anilines is 1. The molecule has 0 spiro atoms. The third kappa shape index (κ3) is 3.72. The van der Waals surface area contributed by atoms with Crippen molar-refractivity contribution in [1.82, 2.24) is 4.98 Å². The molecule has 0 amide bonds. The summed E-state index contributed by atoms with van der Waals surface area (Å²) in [7, 11) is 0. The van der Waals surface area contributed by atoms with Crippen LogP contribution < -0.4 is 5.32 Å². The van der Waals surface area contributed by atoms with Crippen LogP contribution in [0.25, 0.3) is 0 Å². The molecule has 2 heterocycles. The first-order chi connectivity index (χ1) is 9.50. The van der Waals surface area contributed by atoms with E-state index in [1.165, 1.54) is 6.07 Å². The Morgan fingerprint density at radius 3 is 2.65 bits per heavy atom. The summed E-state index contributed by atoms with van der Waals surface area (Å²) in [4.78, 5) is 4.75. The molecule has 20 heavy (non-hydrogen) atoms. The second-order valence-corrected chi connectivity index (χ2v) is 5.39. The molecule has 0 radical (unpaired) electrons. The Morgan fingerprint density at radius 2 is 2.05 bits per heavy atom. The number of pyridine rings is 1. The van der Waals surface area contributed by atoms with Gasteiger partial charge in [0, 0.05) is 4.88 Å². The van der Waals surface area contributed by atoms with E-state index >= 15 is 0 Å². The van der Waals surface area contributed by atoms with Gasteiger partial charge in [-0.3, -0.25) is 0 Å². The van der Waals surface area contributed by atoms with Crippen LogP contribution in [-0.2, 0) is 6.18 Å². The second-order valence-electron chi connectivity index (χ2n) is 4.41. The Kier molecular flexibility index (Phi) is 4.65. The summed E-state index contributed by atoms with van der Waals surface area (Å²) in [5, 5.41) is 5.05. The van der Waals surface area contributed by atoms with E-state index in [0.29, 0.717) is 0 Å². The van der Waals surface area contributed by atoms with Gasteiger partial charge in [0.1, 0.15) is 11.5 Å². The Labute approximate surface area is 119 Å². The molecular formula is C14H15F3N2S. The first kappa shape index (κ1) is 14.8. The number of nitrogens with zero attached hydrogens (tertiary/aromatic N) is 1. The molecule has 0 saturated carbocycles. The van der Waals surface area contributed by atoms with E-state index in [0.717, 1.165) is 23.8 Å². The molecule has 0 aliphatic heterocycles. The zero-order chi connectivity index (χ0) is 14.6. The lowest BCUT2D eigenvalue weighted by molar-refractivity contribution is -0.141. The predicted molar refractivity (Wildman–Crippen MR) is 74.8 cm³/mol. The van der Waals surface area contributed by atoms with Gasteiger partial charge in [-0.15, -0.1) is 11.3 Å². The Balaban J connectivity index is 2.19. The monoisotopic (exact) mass is 300 g/mol. The first-order valence-electron chi connectivity index (χ1n) is 6.35. The third-order valence-electron chi connectivity index (χ3n) is 2.83. The maximum Gasteiger partial charge on any atom is 0.433 e. The van der Waals surface area contributed by atoms with Gasteiger partial charge in [-0.1, -0.05) is 25.5 Å². The molecule has 0 fully saturated rings. The van der Waals surface area contributed by atoms with Crippen LogP contribution in [0, 0.1) is 0 Å². The number of thiophene rings is 1. The number of halogens is 3. The van der Waals surface area contributed by atoms with Gasteiger partial charge in [-0.2, -0.15) is 13.2 Å². The van der Waals surface area contributed by atoms with Crippen molar-refractivity contribution in [1.29, 1.82) is 0 Å². The van der Waals surface area contributed by atoms with Crippen molar-refractivity contribution >= 4 is 17.2 Å². The highest BCUT2D eigenvalue weighted by Gasteiger charge is 2.32. The van der Waals surface area contributed by atoms with Crippen LogP contribution in [0.1, 0.15) is 36.4 Å². The molecule has 0 bridgehead atoms. The number of aromatic nitrogens is 1. The van der Waals surface area contributed by atoms with Crippen LogP contribution in [0.15, 0.2) is 35.7 Å². The van der Waals surface area contributed by atoms with Crippen LogP contribution >= 0.6 is 11.3 Å². The van der Waals surface area contributed by atoms with Crippen molar-refractivity contribution < 1.29 is 13.2 Å². The molecule has 2 nitrogen and oxygen atoms in total.